The second-order valence-corrected chi connectivity index (χ2v) is 3.63. The summed E-state index contributed by atoms with van der Waals surface area (Å²) < 4.78 is 0. The van der Waals surface area contributed by atoms with Crippen LogP contribution >= 0.6 is 11.6 Å². The first-order valence-electron chi connectivity index (χ1n) is 4.30. The number of nitrogen functional groups attached to an aromatic ring is 1. The Morgan fingerprint density at radius 3 is 2.92 bits per heavy atom. The van der Waals surface area contributed by atoms with Gasteiger partial charge in [0, 0.05) is 6.04 Å². The van der Waals surface area contributed by atoms with E-state index in [1.54, 1.807) is 0 Å². The lowest BCUT2D eigenvalue weighted by Crippen LogP contribution is -2.28. The number of hydrogen-bond donors (Lipinski definition) is 2. The monoisotopic (exact) mass is 198 g/mol. The maximum absolute atomic E-state index is 5.79. The van der Waals surface area contributed by atoms with Gasteiger partial charge in [-0.25, -0.2) is 0 Å². The lowest BCUT2D eigenvalue weighted by Gasteiger charge is -2.27. The van der Waals surface area contributed by atoms with Crippen molar-refractivity contribution in [3.8, 4) is 0 Å². The predicted octanol–water partition coefficient (Wildman–Crippen LogP) is 1.68. The molecule has 0 unspecified atom stereocenters. The summed E-state index contributed by atoms with van der Waals surface area (Å²) in [6.07, 6.45) is 5.07. The molecule has 2 rings (SSSR count). The number of nitrogens with two attached hydrogens (primary N) is 1. The van der Waals surface area contributed by atoms with Gasteiger partial charge in [0.1, 0.15) is 0 Å². The van der Waals surface area contributed by atoms with E-state index in [0.717, 1.165) is 0 Å². The molecule has 4 nitrogen and oxygen atoms in total. The van der Waals surface area contributed by atoms with Crippen LogP contribution in [0.2, 0.25) is 5.02 Å². The molecular formula is C8H11ClN4. The molecule has 0 spiro atoms. The van der Waals surface area contributed by atoms with Gasteiger partial charge in [-0.05, 0) is 19.3 Å². The van der Waals surface area contributed by atoms with Crippen molar-refractivity contribution in [2.75, 3.05) is 11.1 Å². The highest BCUT2D eigenvalue weighted by Gasteiger charge is 2.19. The highest BCUT2D eigenvalue weighted by atomic mass is 35.5. The first-order chi connectivity index (χ1) is 6.27. The van der Waals surface area contributed by atoms with Crippen molar-refractivity contribution in [1.82, 2.24) is 10.2 Å². The summed E-state index contributed by atoms with van der Waals surface area (Å²) >= 11 is 5.79. The van der Waals surface area contributed by atoms with Crippen LogP contribution in [0.1, 0.15) is 19.3 Å². The fraction of sp³-hybridized carbons (Fsp3) is 0.500. The van der Waals surface area contributed by atoms with Crippen LogP contribution in [0.15, 0.2) is 6.20 Å². The minimum Gasteiger partial charge on any atom is -0.394 e. The predicted molar refractivity (Wildman–Crippen MR) is 52.7 cm³/mol. The number of anilines is 2. The lowest BCUT2D eigenvalue weighted by atomic mass is 9.93. The van der Waals surface area contributed by atoms with Crippen molar-refractivity contribution in [3.05, 3.63) is 11.2 Å². The van der Waals surface area contributed by atoms with Crippen LogP contribution in [-0.2, 0) is 0 Å². The Morgan fingerprint density at radius 1 is 1.54 bits per heavy atom. The van der Waals surface area contributed by atoms with Gasteiger partial charge in [-0.3, -0.25) is 0 Å². The zero-order valence-corrected chi connectivity index (χ0v) is 7.88. The standard InChI is InChI=1S/C8H11ClN4/c9-6-4-11-13-8(7(6)10)12-5-2-1-3-5/h4-5H,1-3H2,(H2,10,11)(H,12,13). The van der Waals surface area contributed by atoms with E-state index in [4.69, 9.17) is 17.3 Å². The second kappa shape index (κ2) is 3.38. The van der Waals surface area contributed by atoms with E-state index in [1.165, 1.54) is 25.5 Å². The highest BCUT2D eigenvalue weighted by molar-refractivity contribution is 6.33. The molecule has 0 saturated heterocycles. The number of hydrogen-bond acceptors (Lipinski definition) is 4. The fourth-order valence-corrected chi connectivity index (χ4v) is 1.36. The third-order valence-corrected chi connectivity index (χ3v) is 2.59. The van der Waals surface area contributed by atoms with E-state index in [1.807, 2.05) is 0 Å². The van der Waals surface area contributed by atoms with Crippen molar-refractivity contribution in [2.24, 2.45) is 0 Å². The van der Waals surface area contributed by atoms with E-state index in [9.17, 15) is 0 Å². The first-order valence-corrected chi connectivity index (χ1v) is 4.68. The Bertz CT molecular complexity index is 311. The number of rotatable bonds is 2. The average molecular weight is 199 g/mol. The van der Waals surface area contributed by atoms with Crippen molar-refractivity contribution in [2.45, 2.75) is 25.3 Å². The Morgan fingerprint density at radius 2 is 2.31 bits per heavy atom. The van der Waals surface area contributed by atoms with Gasteiger partial charge in [0.05, 0.1) is 16.9 Å². The van der Waals surface area contributed by atoms with Gasteiger partial charge < -0.3 is 11.1 Å². The molecule has 5 heteroatoms. The molecule has 0 radical (unpaired) electrons. The van der Waals surface area contributed by atoms with E-state index in [2.05, 4.69) is 15.5 Å². The summed E-state index contributed by atoms with van der Waals surface area (Å²) in [5.41, 5.74) is 6.20. The SMILES string of the molecule is Nc1c(Cl)cnnc1NC1CCC1. The molecule has 0 atom stereocenters. The van der Waals surface area contributed by atoms with Crippen LogP contribution in [0.4, 0.5) is 11.5 Å². The minimum atomic E-state index is 0.455. The normalized spacial score (nSPS) is 16.7. The van der Waals surface area contributed by atoms with Crippen LogP contribution in [0, 0.1) is 0 Å². The molecule has 1 heterocycles. The van der Waals surface area contributed by atoms with Gasteiger partial charge in [0.2, 0.25) is 0 Å². The third kappa shape index (κ3) is 1.67. The summed E-state index contributed by atoms with van der Waals surface area (Å²) in [6.45, 7) is 0. The largest absolute Gasteiger partial charge is 0.394 e. The third-order valence-electron chi connectivity index (χ3n) is 2.29. The molecule has 0 bridgehead atoms. The van der Waals surface area contributed by atoms with E-state index in [0.29, 0.717) is 22.6 Å². The molecule has 1 fully saturated rings. The summed E-state index contributed by atoms with van der Waals surface area (Å²) in [4.78, 5) is 0. The summed E-state index contributed by atoms with van der Waals surface area (Å²) in [7, 11) is 0. The maximum atomic E-state index is 5.79. The molecule has 1 aliphatic carbocycles. The summed E-state index contributed by atoms with van der Waals surface area (Å²) in [5.74, 6) is 0.609. The number of aromatic nitrogens is 2. The molecule has 0 aliphatic heterocycles. The molecule has 0 amide bonds. The minimum absolute atomic E-state index is 0.455. The average Bonchev–Trinajstić information content (AvgIpc) is 2.04. The van der Waals surface area contributed by atoms with Crippen LogP contribution in [0.5, 0.6) is 0 Å². The summed E-state index contributed by atoms with van der Waals surface area (Å²) in [5, 5.41) is 11.3. The van der Waals surface area contributed by atoms with Gasteiger partial charge >= 0.3 is 0 Å². The highest BCUT2D eigenvalue weighted by Crippen LogP contribution is 2.28. The quantitative estimate of drug-likeness (QED) is 0.759. The van der Waals surface area contributed by atoms with E-state index in [-0.39, 0.29) is 0 Å². The molecule has 0 aromatic carbocycles. The zero-order valence-electron chi connectivity index (χ0n) is 7.13. The molecule has 1 aliphatic rings. The van der Waals surface area contributed by atoms with Gasteiger partial charge in [0.15, 0.2) is 5.82 Å². The van der Waals surface area contributed by atoms with Crippen LogP contribution in [0.25, 0.3) is 0 Å². The molecular weight excluding hydrogens is 188 g/mol. The van der Waals surface area contributed by atoms with Gasteiger partial charge in [-0.2, -0.15) is 5.10 Å². The maximum Gasteiger partial charge on any atom is 0.173 e. The van der Waals surface area contributed by atoms with Crippen LogP contribution in [0.3, 0.4) is 0 Å². The Balaban J connectivity index is 2.14. The molecule has 1 saturated carbocycles. The van der Waals surface area contributed by atoms with Crippen molar-refractivity contribution < 1.29 is 0 Å². The number of halogens is 1. The van der Waals surface area contributed by atoms with Gasteiger partial charge in [0.25, 0.3) is 0 Å². The second-order valence-electron chi connectivity index (χ2n) is 3.23. The van der Waals surface area contributed by atoms with E-state index >= 15 is 0 Å². The molecule has 1 aromatic rings. The van der Waals surface area contributed by atoms with Gasteiger partial charge in [-0.1, -0.05) is 11.6 Å². The number of nitrogens with one attached hydrogen (secondary N) is 1. The van der Waals surface area contributed by atoms with Crippen LogP contribution < -0.4 is 11.1 Å². The van der Waals surface area contributed by atoms with Gasteiger partial charge in [-0.15, -0.1) is 5.10 Å². The van der Waals surface area contributed by atoms with E-state index < -0.39 is 0 Å². The van der Waals surface area contributed by atoms with Crippen molar-refractivity contribution in [3.63, 3.8) is 0 Å². The topological polar surface area (TPSA) is 63.8 Å². The zero-order chi connectivity index (χ0) is 9.26. The van der Waals surface area contributed by atoms with Crippen LogP contribution in [-0.4, -0.2) is 16.2 Å². The Hall–Kier alpha value is -1.03. The first kappa shape index (κ1) is 8.56. The van der Waals surface area contributed by atoms with Crippen molar-refractivity contribution >= 4 is 23.1 Å². The number of nitrogens with zero attached hydrogens (tertiary/aromatic N) is 2. The molecule has 70 valence electrons. The summed E-state index contributed by atoms with van der Waals surface area (Å²) in [6, 6.07) is 0.495. The van der Waals surface area contributed by atoms with Crippen molar-refractivity contribution in [1.29, 1.82) is 0 Å². The molecule has 1 aromatic heterocycles. The molecule has 13 heavy (non-hydrogen) atoms. The Kier molecular flexibility index (Phi) is 2.22. The lowest BCUT2D eigenvalue weighted by molar-refractivity contribution is 0.444. The Labute approximate surface area is 81.5 Å². The molecule has 3 N–H and O–H groups in total. The smallest absolute Gasteiger partial charge is 0.173 e. The fourth-order valence-electron chi connectivity index (χ4n) is 1.23.